The number of anilines is 2. The summed E-state index contributed by atoms with van der Waals surface area (Å²) >= 11 is 0. The molecule has 2 saturated heterocycles. The van der Waals surface area contributed by atoms with E-state index in [9.17, 15) is 10.1 Å². The minimum absolute atomic E-state index is 0.0866. The third-order valence-electron chi connectivity index (χ3n) is 4.83. The number of aromatic nitrogens is 2. The van der Waals surface area contributed by atoms with Crippen molar-refractivity contribution in [3.63, 3.8) is 0 Å². The fourth-order valence-electron chi connectivity index (χ4n) is 3.65. The Labute approximate surface area is 136 Å². The molecule has 1 aromatic rings. The maximum Gasteiger partial charge on any atom is 0.353 e. The van der Waals surface area contributed by atoms with Crippen LogP contribution >= 0.6 is 0 Å². The summed E-state index contributed by atoms with van der Waals surface area (Å²) in [5.41, 5.74) is 0.0866. The monoisotopic (exact) mass is 319 g/mol. The lowest BCUT2D eigenvalue weighted by molar-refractivity contribution is -0.383. The molecule has 2 aliphatic rings. The van der Waals surface area contributed by atoms with E-state index in [1.165, 1.54) is 25.6 Å². The van der Waals surface area contributed by atoms with Crippen molar-refractivity contribution in [2.75, 3.05) is 36.0 Å². The predicted molar refractivity (Wildman–Crippen MR) is 90.0 cm³/mol. The van der Waals surface area contributed by atoms with E-state index < -0.39 is 0 Å². The first-order chi connectivity index (χ1) is 11.2. The molecule has 23 heavy (non-hydrogen) atoms. The molecule has 3 rings (SSSR count). The standard InChI is InChI=1S/C16H25N5O2/c1-13-7-6-10-20(11-13)16-14(21(22)23)15(17-12-18-16)19-8-4-2-3-5-9-19/h12-13H,2-11H2,1H3. The Kier molecular flexibility index (Phi) is 4.93. The third kappa shape index (κ3) is 3.54. The van der Waals surface area contributed by atoms with Gasteiger partial charge in [-0.3, -0.25) is 10.1 Å². The van der Waals surface area contributed by atoms with Crippen molar-refractivity contribution >= 4 is 17.3 Å². The number of nitrogens with zero attached hydrogens (tertiary/aromatic N) is 5. The number of piperidine rings is 1. The summed E-state index contributed by atoms with van der Waals surface area (Å²) in [5.74, 6) is 1.54. The lowest BCUT2D eigenvalue weighted by atomic mass is 10.0. The summed E-state index contributed by atoms with van der Waals surface area (Å²) in [4.78, 5) is 24.2. The Morgan fingerprint density at radius 2 is 1.65 bits per heavy atom. The fourth-order valence-corrected chi connectivity index (χ4v) is 3.65. The van der Waals surface area contributed by atoms with Crippen LogP contribution in [0.4, 0.5) is 17.3 Å². The van der Waals surface area contributed by atoms with Gasteiger partial charge >= 0.3 is 5.69 Å². The van der Waals surface area contributed by atoms with Gasteiger partial charge in [0.05, 0.1) is 4.92 Å². The Hall–Kier alpha value is -1.92. The Morgan fingerprint density at radius 1 is 1.04 bits per heavy atom. The van der Waals surface area contributed by atoms with Crippen LogP contribution in [0.1, 0.15) is 45.4 Å². The van der Waals surface area contributed by atoms with Gasteiger partial charge in [-0.2, -0.15) is 0 Å². The average molecular weight is 319 g/mol. The summed E-state index contributed by atoms with van der Waals surface area (Å²) in [6.45, 7) is 5.54. The van der Waals surface area contributed by atoms with E-state index in [1.54, 1.807) is 0 Å². The van der Waals surface area contributed by atoms with Gasteiger partial charge in [0.25, 0.3) is 0 Å². The second kappa shape index (κ2) is 7.10. The zero-order valence-corrected chi connectivity index (χ0v) is 13.8. The first kappa shape index (κ1) is 16.0. The van der Waals surface area contributed by atoms with Gasteiger partial charge in [-0.25, -0.2) is 9.97 Å². The molecule has 0 amide bonds. The zero-order chi connectivity index (χ0) is 16.2. The molecule has 126 valence electrons. The normalized spacial score (nSPS) is 22.7. The molecule has 2 aliphatic heterocycles. The average Bonchev–Trinajstić information content (AvgIpc) is 2.83. The van der Waals surface area contributed by atoms with Crippen LogP contribution < -0.4 is 9.80 Å². The highest BCUT2D eigenvalue weighted by molar-refractivity contribution is 5.71. The van der Waals surface area contributed by atoms with Crippen molar-refractivity contribution in [3.05, 3.63) is 16.4 Å². The Morgan fingerprint density at radius 3 is 2.26 bits per heavy atom. The molecule has 1 unspecified atom stereocenters. The van der Waals surface area contributed by atoms with Crippen molar-refractivity contribution in [2.24, 2.45) is 5.92 Å². The fraction of sp³-hybridized carbons (Fsp3) is 0.750. The molecule has 1 atom stereocenters. The summed E-state index contributed by atoms with van der Waals surface area (Å²) in [7, 11) is 0. The summed E-state index contributed by atoms with van der Waals surface area (Å²) in [6, 6.07) is 0. The molecule has 7 nitrogen and oxygen atoms in total. The lowest BCUT2D eigenvalue weighted by Crippen LogP contribution is -2.36. The largest absolute Gasteiger partial charge is 0.353 e. The highest BCUT2D eigenvalue weighted by Crippen LogP contribution is 2.36. The van der Waals surface area contributed by atoms with E-state index in [2.05, 4.69) is 26.7 Å². The van der Waals surface area contributed by atoms with E-state index in [-0.39, 0.29) is 10.6 Å². The van der Waals surface area contributed by atoms with Gasteiger partial charge in [-0.15, -0.1) is 0 Å². The topological polar surface area (TPSA) is 75.4 Å². The molecule has 7 heteroatoms. The lowest BCUT2D eigenvalue weighted by Gasteiger charge is -2.32. The smallest absolute Gasteiger partial charge is 0.351 e. The first-order valence-corrected chi connectivity index (χ1v) is 8.66. The predicted octanol–water partition coefficient (Wildman–Crippen LogP) is 3.00. The van der Waals surface area contributed by atoms with Gasteiger partial charge < -0.3 is 9.80 Å². The van der Waals surface area contributed by atoms with Gasteiger partial charge in [0.1, 0.15) is 6.33 Å². The maximum atomic E-state index is 11.8. The van der Waals surface area contributed by atoms with Crippen LogP contribution in [0.5, 0.6) is 0 Å². The van der Waals surface area contributed by atoms with Gasteiger partial charge in [0.15, 0.2) is 0 Å². The van der Waals surface area contributed by atoms with Gasteiger partial charge in [-0.1, -0.05) is 19.8 Å². The summed E-state index contributed by atoms with van der Waals surface area (Å²) < 4.78 is 0. The molecule has 0 aliphatic carbocycles. The van der Waals surface area contributed by atoms with Gasteiger partial charge in [-0.05, 0) is 31.6 Å². The first-order valence-electron chi connectivity index (χ1n) is 8.66. The van der Waals surface area contributed by atoms with Crippen molar-refractivity contribution in [3.8, 4) is 0 Å². The van der Waals surface area contributed by atoms with Crippen LogP contribution in [-0.4, -0.2) is 41.1 Å². The number of hydrogen-bond donors (Lipinski definition) is 0. The van der Waals surface area contributed by atoms with Crippen LogP contribution in [0.3, 0.4) is 0 Å². The molecule has 2 fully saturated rings. The highest BCUT2D eigenvalue weighted by Gasteiger charge is 2.31. The molecular formula is C16H25N5O2. The molecule has 0 spiro atoms. The van der Waals surface area contributed by atoms with Gasteiger partial charge in [0.2, 0.25) is 11.6 Å². The van der Waals surface area contributed by atoms with E-state index in [0.717, 1.165) is 45.4 Å². The SMILES string of the molecule is CC1CCCN(c2ncnc(N3CCCCCC3)c2[N+](=O)[O-])C1. The Balaban J connectivity index is 1.96. The minimum atomic E-state index is -0.297. The van der Waals surface area contributed by atoms with E-state index in [4.69, 9.17) is 0 Å². The molecule has 0 bridgehead atoms. The maximum absolute atomic E-state index is 11.8. The summed E-state index contributed by atoms with van der Waals surface area (Å²) in [5, 5.41) is 11.8. The molecule has 0 N–H and O–H groups in total. The number of nitro groups is 1. The number of rotatable bonds is 3. The van der Waals surface area contributed by atoms with Crippen molar-refractivity contribution in [1.82, 2.24) is 9.97 Å². The minimum Gasteiger partial charge on any atom is -0.351 e. The summed E-state index contributed by atoms with van der Waals surface area (Å²) in [6.07, 6.45) is 8.23. The van der Waals surface area contributed by atoms with Crippen molar-refractivity contribution in [1.29, 1.82) is 0 Å². The van der Waals surface area contributed by atoms with Crippen LogP contribution in [0, 0.1) is 16.0 Å². The number of hydrogen-bond acceptors (Lipinski definition) is 6. The van der Waals surface area contributed by atoms with E-state index in [1.807, 2.05) is 0 Å². The molecular weight excluding hydrogens is 294 g/mol. The molecule has 1 aromatic heterocycles. The molecule has 0 saturated carbocycles. The second-order valence-corrected chi connectivity index (χ2v) is 6.72. The van der Waals surface area contributed by atoms with Gasteiger partial charge in [0, 0.05) is 26.2 Å². The van der Waals surface area contributed by atoms with Crippen molar-refractivity contribution < 1.29 is 4.92 Å². The zero-order valence-electron chi connectivity index (χ0n) is 13.8. The second-order valence-electron chi connectivity index (χ2n) is 6.72. The highest BCUT2D eigenvalue weighted by atomic mass is 16.6. The van der Waals surface area contributed by atoms with Crippen molar-refractivity contribution in [2.45, 2.75) is 45.4 Å². The van der Waals surface area contributed by atoms with Crippen LogP contribution in [0.25, 0.3) is 0 Å². The van der Waals surface area contributed by atoms with Crippen LogP contribution in [-0.2, 0) is 0 Å². The molecule has 0 radical (unpaired) electrons. The third-order valence-corrected chi connectivity index (χ3v) is 4.83. The van der Waals surface area contributed by atoms with Crippen LogP contribution in [0.15, 0.2) is 6.33 Å². The Bertz CT molecular complexity index is 537. The van der Waals surface area contributed by atoms with E-state index >= 15 is 0 Å². The quantitative estimate of drug-likeness (QED) is 0.630. The molecule has 3 heterocycles. The molecule has 0 aromatic carbocycles. The van der Waals surface area contributed by atoms with E-state index in [0.29, 0.717) is 17.6 Å². The van der Waals surface area contributed by atoms with Crippen LogP contribution in [0.2, 0.25) is 0 Å².